The summed E-state index contributed by atoms with van der Waals surface area (Å²) in [6.07, 6.45) is 1.46. The number of primary amides is 1. The van der Waals surface area contributed by atoms with Crippen molar-refractivity contribution in [3.63, 3.8) is 0 Å². The average molecular weight is 243 g/mol. The Bertz CT molecular complexity index is 252. The van der Waals surface area contributed by atoms with Crippen LogP contribution in [-0.4, -0.2) is 30.4 Å². The van der Waals surface area contributed by atoms with Crippen LogP contribution in [0.15, 0.2) is 0 Å². The molecule has 100 valence electrons. The zero-order valence-corrected chi connectivity index (χ0v) is 11.2. The van der Waals surface area contributed by atoms with E-state index in [1.807, 2.05) is 27.7 Å². The molecule has 0 aliphatic heterocycles. The lowest BCUT2D eigenvalue weighted by Crippen LogP contribution is -2.43. The Labute approximate surface area is 104 Å². The first-order valence-electron chi connectivity index (χ1n) is 6.17. The largest absolute Gasteiger partial charge is 0.352 e. The van der Waals surface area contributed by atoms with Crippen LogP contribution in [0, 0.1) is 5.92 Å². The van der Waals surface area contributed by atoms with E-state index < -0.39 is 6.03 Å². The van der Waals surface area contributed by atoms with Crippen molar-refractivity contribution in [1.29, 1.82) is 0 Å². The summed E-state index contributed by atoms with van der Waals surface area (Å²) in [6.45, 7) is 8.35. The average Bonchev–Trinajstić information content (AvgIpc) is 2.20. The molecular formula is C12H25N3O2. The highest BCUT2D eigenvalue weighted by Gasteiger charge is 2.21. The molecule has 17 heavy (non-hydrogen) atoms. The predicted octanol–water partition coefficient (Wildman–Crippen LogP) is 1.03. The first-order chi connectivity index (χ1) is 7.84. The van der Waals surface area contributed by atoms with E-state index in [1.54, 1.807) is 0 Å². The number of nitrogens with two attached hydrogens (primary N) is 1. The van der Waals surface area contributed by atoms with Crippen LogP contribution in [0.2, 0.25) is 0 Å². The van der Waals surface area contributed by atoms with Crippen LogP contribution < -0.4 is 16.4 Å². The Morgan fingerprint density at radius 3 is 2.18 bits per heavy atom. The third-order valence-electron chi connectivity index (χ3n) is 2.42. The normalized spacial score (nSPS) is 12.8. The number of rotatable bonds is 8. The lowest BCUT2D eigenvalue weighted by molar-refractivity contribution is -0.124. The molecule has 2 amide bonds. The fourth-order valence-corrected chi connectivity index (χ4v) is 1.63. The predicted molar refractivity (Wildman–Crippen MR) is 68.7 cm³/mol. The summed E-state index contributed by atoms with van der Waals surface area (Å²) >= 11 is 0. The van der Waals surface area contributed by atoms with Gasteiger partial charge in [-0.3, -0.25) is 4.79 Å². The monoisotopic (exact) mass is 243 g/mol. The van der Waals surface area contributed by atoms with Crippen molar-refractivity contribution in [2.24, 2.45) is 11.7 Å². The lowest BCUT2D eigenvalue weighted by Gasteiger charge is -2.21. The quantitative estimate of drug-likeness (QED) is 0.557. The molecule has 0 bridgehead atoms. The second kappa shape index (κ2) is 8.06. The zero-order valence-electron chi connectivity index (χ0n) is 11.2. The van der Waals surface area contributed by atoms with E-state index >= 15 is 0 Å². The van der Waals surface area contributed by atoms with Crippen LogP contribution in [-0.2, 0) is 4.79 Å². The van der Waals surface area contributed by atoms with E-state index in [9.17, 15) is 9.59 Å². The van der Waals surface area contributed by atoms with Crippen LogP contribution in [0.3, 0.4) is 0 Å². The van der Waals surface area contributed by atoms with Gasteiger partial charge in [-0.2, -0.15) is 0 Å². The van der Waals surface area contributed by atoms with Crippen molar-refractivity contribution in [2.45, 2.75) is 52.6 Å². The third-order valence-corrected chi connectivity index (χ3v) is 2.42. The fraction of sp³-hybridized carbons (Fsp3) is 0.833. The Balaban J connectivity index is 4.11. The molecular weight excluding hydrogens is 218 g/mol. The van der Waals surface area contributed by atoms with Gasteiger partial charge in [0, 0.05) is 18.5 Å². The minimum atomic E-state index is -0.520. The summed E-state index contributed by atoms with van der Waals surface area (Å²) in [5.74, 6) is 0.244. The Morgan fingerprint density at radius 2 is 1.76 bits per heavy atom. The van der Waals surface area contributed by atoms with E-state index in [0.29, 0.717) is 6.54 Å². The summed E-state index contributed by atoms with van der Waals surface area (Å²) < 4.78 is 0. The Morgan fingerprint density at radius 1 is 1.18 bits per heavy atom. The standard InChI is InChI=1S/C12H25N3O2/c1-8(2)11(16)10(15-9(3)4)6-5-7-14-12(13)17/h8-10,15H,5-7H2,1-4H3,(H3,13,14,17)/t10-/m1/s1. The number of urea groups is 1. The Hall–Kier alpha value is -1.10. The SMILES string of the molecule is CC(C)N[C@H](CCCNC(N)=O)C(=O)C(C)C. The van der Waals surface area contributed by atoms with Gasteiger partial charge in [0.1, 0.15) is 0 Å². The molecule has 4 N–H and O–H groups in total. The minimum Gasteiger partial charge on any atom is -0.352 e. The van der Waals surface area contributed by atoms with E-state index in [2.05, 4.69) is 10.6 Å². The van der Waals surface area contributed by atoms with Crippen LogP contribution in [0.5, 0.6) is 0 Å². The molecule has 0 aliphatic rings. The molecule has 0 aliphatic carbocycles. The molecule has 0 spiro atoms. The second-order valence-electron chi connectivity index (χ2n) is 4.86. The molecule has 0 aromatic rings. The zero-order chi connectivity index (χ0) is 13.4. The highest BCUT2D eigenvalue weighted by Crippen LogP contribution is 2.06. The van der Waals surface area contributed by atoms with E-state index in [-0.39, 0.29) is 23.8 Å². The summed E-state index contributed by atoms with van der Waals surface area (Å²) in [7, 11) is 0. The fourth-order valence-electron chi connectivity index (χ4n) is 1.63. The van der Waals surface area contributed by atoms with Gasteiger partial charge in [0.05, 0.1) is 6.04 Å². The van der Waals surface area contributed by atoms with E-state index in [4.69, 9.17) is 5.73 Å². The molecule has 0 aromatic heterocycles. The molecule has 0 saturated carbocycles. The number of Topliss-reactive ketones (excluding diaryl/α,β-unsaturated/α-hetero) is 1. The van der Waals surface area contributed by atoms with Crippen LogP contribution in [0.25, 0.3) is 0 Å². The van der Waals surface area contributed by atoms with E-state index in [1.165, 1.54) is 0 Å². The number of hydrogen-bond donors (Lipinski definition) is 3. The molecule has 1 atom stereocenters. The van der Waals surface area contributed by atoms with Gasteiger partial charge in [0.15, 0.2) is 5.78 Å². The number of carbonyl (C=O) groups is 2. The van der Waals surface area contributed by atoms with Crippen LogP contribution in [0.4, 0.5) is 4.79 Å². The molecule has 0 rings (SSSR count). The van der Waals surface area contributed by atoms with Gasteiger partial charge in [-0.1, -0.05) is 27.7 Å². The van der Waals surface area contributed by atoms with Gasteiger partial charge in [-0.25, -0.2) is 4.79 Å². The van der Waals surface area contributed by atoms with Gasteiger partial charge in [-0.15, -0.1) is 0 Å². The van der Waals surface area contributed by atoms with Crippen molar-refractivity contribution in [2.75, 3.05) is 6.54 Å². The second-order valence-corrected chi connectivity index (χ2v) is 4.86. The minimum absolute atomic E-state index is 0.0235. The maximum atomic E-state index is 11.9. The first-order valence-corrected chi connectivity index (χ1v) is 6.17. The maximum absolute atomic E-state index is 11.9. The number of nitrogens with one attached hydrogen (secondary N) is 2. The van der Waals surface area contributed by atoms with Crippen LogP contribution >= 0.6 is 0 Å². The summed E-state index contributed by atoms with van der Waals surface area (Å²) in [4.78, 5) is 22.4. The van der Waals surface area contributed by atoms with Gasteiger partial charge in [-0.05, 0) is 12.8 Å². The summed E-state index contributed by atoms with van der Waals surface area (Å²) in [5.41, 5.74) is 4.97. The molecule has 5 heteroatoms. The van der Waals surface area contributed by atoms with E-state index in [0.717, 1.165) is 12.8 Å². The molecule has 0 fully saturated rings. The molecule has 0 unspecified atom stereocenters. The molecule has 0 saturated heterocycles. The van der Waals surface area contributed by atoms with Crippen LogP contribution in [0.1, 0.15) is 40.5 Å². The first kappa shape index (κ1) is 15.9. The van der Waals surface area contributed by atoms with Gasteiger partial charge >= 0.3 is 6.03 Å². The number of ketones is 1. The maximum Gasteiger partial charge on any atom is 0.312 e. The third kappa shape index (κ3) is 7.74. The van der Waals surface area contributed by atoms with Crippen molar-refractivity contribution in [3.8, 4) is 0 Å². The van der Waals surface area contributed by atoms with Gasteiger partial charge < -0.3 is 16.4 Å². The summed E-state index contributed by atoms with van der Waals surface area (Å²) in [6, 6.07) is -0.384. The highest BCUT2D eigenvalue weighted by atomic mass is 16.2. The lowest BCUT2D eigenvalue weighted by atomic mass is 9.97. The number of amides is 2. The smallest absolute Gasteiger partial charge is 0.312 e. The molecule has 5 nitrogen and oxygen atoms in total. The van der Waals surface area contributed by atoms with Crippen molar-refractivity contribution in [1.82, 2.24) is 10.6 Å². The Kier molecular flexibility index (Phi) is 7.54. The highest BCUT2D eigenvalue weighted by molar-refractivity contribution is 5.85. The molecule has 0 aromatic carbocycles. The summed E-state index contributed by atoms with van der Waals surface area (Å²) in [5, 5.41) is 5.78. The topological polar surface area (TPSA) is 84.2 Å². The number of carbonyl (C=O) groups excluding carboxylic acids is 2. The van der Waals surface area contributed by atoms with Gasteiger partial charge in [0.25, 0.3) is 0 Å². The van der Waals surface area contributed by atoms with Crippen molar-refractivity contribution >= 4 is 11.8 Å². The van der Waals surface area contributed by atoms with Crippen molar-refractivity contribution in [3.05, 3.63) is 0 Å². The molecule has 0 radical (unpaired) electrons. The molecule has 0 heterocycles. The number of hydrogen-bond acceptors (Lipinski definition) is 3. The van der Waals surface area contributed by atoms with Crippen molar-refractivity contribution < 1.29 is 9.59 Å². The van der Waals surface area contributed by atoms with Gasteiger partial charge in [0.2, 0.25) is 0 Å².